The Morgan fingerprint density at radius 2 is 1.92 bits per heavy atom. The van der Waals surface area contributed by atoms with Gasteiger partial charge in [0, 0.05) is 6.54 Å². The summed E-state index contributed by atoms with van der Waals surface area (Å²) in [6.07, 6.45) is 3.29. The first-order valence-electron chi connectivity index (χ1n) is 4.50. The molecule has 1 rings (SSSR count). The lowest BCUT2D eigenvalue weighted by Crippen LogP contribution is -2.36. The quantitative estimate of drug-likeness (QED) is 0.560. The topological polar surface area (TPSA) is 98.2 Å². The van der Waals surface area contributed by atoms with Crippen molar-refractivity contribution < 1.29 is 8.42 Å². The van der Waals surface area contributed by atoms with Crippen LogP contribution in [-0.4, -0.2) is 21.5 Å². The zero-order valence-electron chi connectivity index (χ0n) is 7.57. The minimum atomic E-state index is -3.53. The maximum absolute atomic E-state index is 10.6. The molecule has 13 heavy (non-hydrogen) atoms. The summed E-state index contributed by atoms with van der Waals surface area (Å²) in [7, 11) is -3.53. The molecule has 2 atom stereocenters. The van der Waals surface area contributed by atoms with E-state index in [1.54, 1.807) is 0 Å². The summed E-state index contributed by atoms with van der Waals surface area (Å²) < 4.78 is 23.6. The lowest BCUT2D eigenvalue weighted by Gasteiger charge is -2.17. The van der Waals surface area contributed by atoms with Gasteiger partial charge in [-0.05, 0) is 31.2 Å². The van der Waals surface area contributed by atoms with Crippen molar-refractivity contribution in [2.24, 2.45) is 22.7 Å². The highest BCUT2D eigenvalue weighted by Crippen LogP contribution is 2.30. The van der Waals surface area contributed by atoms with E-state index < -0.39 is 10.2 Å². The zero-order valence-corrected chi connectivity index (χ0v) is 8.39. The Bertz CT molecular complexity index is 252. The van der Waals surface area contributed by atoms with E-state index in [9.17, 15) is 8.42 Å². The predicted molar refractivity (Wildman–Crippen MR) is 51.0 cm³/mol. The van der Waals surface area contributed by atoms with Gasteiger partial charge >= 0.3 is 0 Å². The minimum Gasteiger partial charge on any atom is -0.330 e. The molecule has 0 saturated heterocycles. The average molecular weight is 207 g/mol. The van der Waals surface area contributed by atoms with Crippen molar-refractivity contribution in [3.63, 3.8) is 0 Å². The van der Waals surface area contributed by atoms with Crippen molar-refractivity contribution >= 4 is 10.2 Å². The Kier molecular flexibility index (Phi) is 3.66. The van der Waals surface area contributed by atoms with Crippen molar-refractivity contribution in [1.29, 1.82) is 0 Å². The fraction of sp³-hybridized carbons (Fsp3) is 1.00. The van der Waals surface area contributed by atoms with Crippen molar-refractivity contribution in [2.75, 3.05) is 13.1 Å². The molecule has 0 aliphatic heterocycles. The highest BCUT2D eigenvalue weighted by molar-refractivity contribution is 7.87. The summed E-state index contributed by atoms with van der Waals surface area (Å²) in [5.41, 5.74) is 5.56. The molecule has 0 aromatic rings. The van der Waals surface area contributed by atoms with Crippen LogP contribution >= 0.6 is 0 Å². The van der Waals surface area contributed by atoms with E-state index in [0.717, 1.165) is 19.3 Å². The van der Waals surface area contributed by atoms with Crippen molar-refractivity contribution in [2.45, 2.75) is 19.3 Å². The standard InChI is InChI=1S/C7H17N3O2S/c8-4-6-2-1-3-7(6)5-10-13(9,11)12/h6-7,10H,1-5,8H2,(H2,9,11,12). The molecule has 1 aliphatic carbocycles. The number of rotatable bonds is 4. The first-order valence-corrected chi connectivity index (χ1v) is 6.05. The van der Waals surface area contributed by atoms with Gasteiger partial charge in [0.15, 0.2) is 0 Å². The first kappa shape index (κ1) is 10.9. The van der Waals surface area contributed by atoms with Gasteiger partial charge in [-0.25, -0.2) is 9.86 Å². The van der Waals surface area contributed by atoms with Gasteiger partial charge in [-0.15, -0.1) is 0 Å². The smallest absolute Gasteiger partial charge is 0.274 e. The van der Waals surface area contributed by atoms with Gasteiger partial charge in [0.05, 0.1) is 0 Å². The second-order valence-corrected chi connectivity index (χ2v) is 4.96. The second kappa shape index (κ2) is 4.36. The molecule has 0 heterocycles. The minimum absolute atomic E-state index is 0.364. The Morgan fingerprint density at radius 1 is 1.31 bits per heavy atom. The van der Waals surface area contributed by atoms with Crippen LogP contribution in [0.25, 0.3) is 0 Å². The highest BCUT2D eigenvalue weighted by atomic mass is 32.2. The van der Waals surface area contributed by atoms with Crippen LogP contribution in [0.4, 0.5) is 0 Å². The monoisotopic (exact) mass is 207 g/mol. The Hall–Kier alpha value is -0.170. The van der Waals surface area contributed by atoms with Crippen molar-refractivity contribution in [3.05, 3.63) is 0 Å². The van der Waals surface area contributed by atoms with E-state index in [-0.39, 0.29) is 0 Å². The molecule has 0 aromatic heterocycles. The third-order valence-electron chi connectivity index (χ3n) is 2.67. The van der Waals surface area contributed by atoms with Gasteiger partial charge in [0.2, 0.25) is 0 Å². The number of hydrogen-bond acceptors (Lipinski definition) is 3. The predicted octanol–water partition coefficient (Wildman–Crippen LogP) is -0.845. The lowest BCUT2D eigenvalue weighted by atomic mass is 9.97. The van der Waals surface area contributed by atoms with E-state index in [1.807, 2.05) is 0 Å². The van der Waals surface area contributed by atoms with Crippen LogP contribution in [0.1, 0.15) is 19.3 Å². The fourth-order valence-electron chi connectivity index (χ4n) is 1.92. The van der Waals surface area contributed by atoms with Gasteiger partial charge in [0.25, 0.3) is 10.2 Å². The summed E-state index contributed by atoms with van der Waals surface area (Å²) in [6, 6.07) is 0. The second-order valence-electron chi connectivity index (χ2n) is 3.58. The number of hydrogen-bond donors (Lipinski definition) is 3. The van der Waals surface area contributed by atoms with Gasteiger partial charge in [-0.3, -0.25) is 0 Å². The molecular formula is C7H17N3O2S. The van der Waals surface area contributed by atoms with E-state index in [2.05, 4.69) is 4.72 Å². The molecule has 78 valence electrons. The SMILES string of the molecule is NCC1CCCC1CNS(N)(=O)=O. The van der Waals surface area contributed by atoms with Crippen LogP contribution in [0, 0.1) is 11.8 Å². The summed E-state index contributed by atoms with van der Waals surface area (Å²) in [4.78, 5) is 0. The largest absolute Gasteiger partial charge is 0.330 e. The third kappa shape index (κ3) is 3.60. The van der Waals surface area contributed by atoms with E-state index in [4.69, 9.17) is 10.9 Å². The molecule has 0 bridgehead atoms. The molecule has 0 amide bonds. The summed E-state index contributed by atoms with van der Waals surface area (Å²) >= 11 is 0. The highest BCUT2D eigenvalue weighted by Gasteiger charge is 2.26. The molecule has 5 nitrogen and oxygen atoms in total. The van der Waals surface area contributed by atoms with Gasteiger partial charge in [-0.1, -0.05) is 6.42 Å². The maximum atomic E-state index is 10.6. The van der Waals surface area contributed by atoms with Crippen LogP contribution in [0.3, 0.4) is 0 Å². The fourth-order valence-corrected chi connectivity index (χ4v) is 2.36. The van der Waals surface area contributed by atoms with Crippen LogP contribution in [0.15, 0.2) is 0 Å². The molecule has 1 saturated carbocycles. The molecule has 0 spiro atoms. The molecule has 1 fully saturated rings. The van der Waals surface area contributed by atoms with Gasteiger partial charge in [-0.2, -0.15) is 8.42 Å². The lowest BCUT2D eigenvalue weighted by molar-refractivity contribution is 0.393. The Labute approximate surface area is 79.0 Å². The van der Waals surface area contributed by atoms with Crippen molar-refractivity contribution in [1.82, 2.24) is 4.72 Å². The normalized spacial score (nSPS) is 29.4. The van der Waals surface area contributed by atoms with E-state index >= 15 is 0 Å². The molecule has 6 heteroatoms. The average Bonchev–Trinajstić information content (AvgIpc) is 2.46. The molecule has 0 radical (unpaired) electrons. The third-order valence-corrected chi connectivity index (χ3v) is 3.23. The van der Waals surface area contributed by atoms with Gasteiger partial charge < -0.3 is 5.73 Å². The zero-order chi connectivity index (χ0) is 9.90. The van der Waals surface area contributed by atoms with Crippen LogP contribution in [0.2, 0.25) is 0 Å². The first-order chi connectivity index (χ1) is 6.03. The molecule has 0 aromatic carbocycles. The summed E-state index contributed by atoms with van der Waals surface area (Å²) in [6.45, 7) is 1.07. The molecular weight excluding hydrogens is 190 g/mol. The van der Waals surface area contributed by atoms with E-state index in [0.29, 0.717) is 24.9 Å². The van der Waals surface area contributed by atoms with Crippen LogP contribution < -0.4 is 15.6 Å². The maximum Gasteiger partial charge on any atom is 0.274 e. The summed E-state index contributed by atoms with van der Waals surface area (Å²) in [5, 5.41) is 4.83. The summed E-state index contributed by atoms with van der Waals surface area (Å²) in [5.74, 6) is 0.817. The molecule has 1 aliphatic rings. The number of nitrogens with one attached hydrogen (secondary N) is 1. The van der Waals surface area contributed by atoms with Crippen LogP contribution in [0.5, 0.6) is 0 Å². The molecule has 2 unspecified atom stereocenters. The van der Waals surface area contributed by atoms with Gasteiger partial charge in [0.1, 0.15) is 0 Å². The Morgan fingerprint density at radius 3 is 2.46 bits per heavy atom. The number of nitrogens with two attached hydrogens (primary N) is 2. The van der Waals surface area contributed by atoms with Crippen molar-refractivity contribution in [3.8, 4) is 0 Å². The molecule has 5 N–H and O–H groups in total. The Balaban J connectivity index is 2.36. The van der Waals surface area contributed by atoms with E-state index in [1.165, 1.54) is 0 Å². The van der Waals surface area contributed by atoms with Crippen LogP contribution in [-0.2, 0) is 10.2 Å².